The van der Waals surface area contributed by atoms with E-state index in [9.17, 15) is 4.79 Å². The van der Waals surface area contributed by atoms with Crippen LogP contribution in [0.25, 0.3) is 0 Å². The molecule has 0 radical (unpaired) electrons. The van der Waals surface area contributed by atoms with Gasteiger partial charge in [-0.15, -0.1) is 0 Å². The lowest BCUT2D eigenvalue weighted by atomic mass is 9.99. The molecule has 0 bridgehead atoms. The Morgan fingerprint density at radius 3 is 2.57 bits per heavy atom. The molecule has 5 nitrogen and oxygen atoms in total. The van der Waals surface area contributed by atoms with Crippen LogP contribution < -0.4 is 4.74 Å². The third kappa shape index (κ3) is 3.73. The van der Waals surface area contributed by atoms with Crippen LogP contribution in [0.15, 0.2) is 36.7 Å². The van der Waals surface area contributed by atoms with Gasteiger partial charge in [0.15, 0.2) is 0 Å². The highest BCUT2D eigenvalue weighted by Gasteiger charge is 2.31. The van der Waals surface area contributed by atoms with Crippen molar-refractivity contribution in [2.24, 2.45) is 5.92 Å². The number of aromatic nitrogens is 2. The number of benzene rings is 1. The van der Waals surface area contributed by atoms with E-state index in [0.29, 0.717) is 5.92 Å². The molecule has 122 valence electrons. The van der Waals surface area contributed by atoms with Crippen LogP contribution in [-0.4, -0.2) is 39.8 Å². The number of aryl methyl sites for hydroxylation is 1. The fraction of sp³-hybridized carbons (Fsp3) is 0.444. The Kier molecular flexibility index (Phi) is 4.37. The molecule has 5 heteroatoms. The number of amides is 1. The van der Waals surface area contributed by atoms with E-state index in [0.717, 1.165) is 30.9 Å². The SMILES string of the molecule is Cc1cnn(CC2CN(C(=O)c3ccc(OC(C)C)cc3)C2)c1. The largest absolute Gasteiger partial charge is 0.491 e. The zero-order valence-corrected chi connectivity index (χ0v) is 13.9. The third-order valence-electron chi connectivity index (χ3n) is 3.93. The average Bonchev–Trinajstić information content (AvgIpc) is 2.87. The number of carbonyl (C=O) groups excluding carboxylic acids is 1. The maximum absolute atomic E-state index is 12.4. The molecular weight excluding hydrogens is 290 g/mol. The maximum Gasteiger partial charge on any atom is 0.253 e. The summed E-state index contributed by atoms with van der Waals surface area (Å²) in [6.45, 7) is 8.47. The molecule has 1 aromatic carbocycles. The summed E-state index contributed by atoms with van der Waals surface area (Å²) in [5, 5.41) is 4.30. The Hall–Kier alpha value is -2.30. The third-order valence-corrected chi connectivity index (χ3v) is 3.93. The molecule has 0 spiro atoms. The fourth-order valence-electron chi connectivity index (χ4n) is 2.81. The van der Waals surface area contributed by atoms with Crippen molar-refractivity contribution in [1.29, 1.82) is 0 Å². The van der Waals surface area contributed by atoms with Crippen molar-refractivity contribution in [3.05, 3.63) is 47.8 Å². The van der Waals surface area contributed by atoms with Crippen molar-refractivity contribution in [3.63, 3.8) is 0 Å². The molecule has 0 aliphatic carbocycles. The van der Waals surface area contributed by atoms with E-state index >= 15 is 0 Å². The number of hydrogen-bond donors (Lipinski definition) is 0. The summed E-state index contributed by atoms with van der Waals surface area (Å²) in [4.78, 5) is 14.3. The van der Waals surface area contributed by atoms with Crippen molar-refractivity contribution < 1.29 is 9.53 Å². The number of ether oxygens (including phenoxy) is 1. The highest BCUT2D eigenvalue weighted by molar-refractivity contribution is 5.94. The van der Waals surface area contributed by atoms with Gasteiger partial charge < -0.3 is 9.64 Å². The van der Waals surface area contributed by atoms with Crippen molar-refractivity contribution in [1.82, 2.24) is 14.7 Å². The van der Waals surface area contributed by atoms with E-state index in [1.165, 1.54) is 5.56 Å². The highest BCUT2D eigenvalue weighted by atomic mass is 16.5. The molecule has 1 aliphatic heterocycles. The summed E-state index contributed by atoms with van der Waals surface area (Å²) in [6.07, 6.45) is 4.04. The lowest BCUT2D eigenvalue weighted by Crippen LogP contribution is -2.51. The first-order valence-electron chi connectivity index (χ1n) is 8.06. The number of hydrogen-bond acceptors (Lipinski definition) is 3. The van der Waals surface area contributed by atoms with Crippen LogP contribution in [0.2, 0.25) is 0 Å². The van der Waals surface area contributed by atoms with Crippen LogP contribution >= 0.6 is 0 Å². The molecule has 2 aromatic rings. The molecule has 0 unspecified atom stereocenters. The highest BCUT2D eigenvalue weighted by Crippen LogP contribution is 2.22. The first kappa shape index (κ1) is 15.6. The Morgan fingerprint density at radius 1 is 1.30 bits per heavy atom. The molecule has 0 saturated carbocycles. The van der Waals surface area contributed by atoms with Crippen LogP contribution in [0.4, 0.5) is 0 Å². The minimum Gasteiger partial charge on any atom is -0.491 e. The van der Waals surface area contributed by atoms with E-state index in [-0.39, 0.29) is 12.0 Å². The Labute approximate surface area is 136 Å². The molecule has 1 aliphatic rings. The van der Waals surface area contributed by atoms with Gasteiger partial charge in [0.1, 0.15) is 5.75 Å². The van der Waals surface area contributed by atoms with E-state index in [2.05, 4.69) is 5.10 Å². The van der Waals surface area contributed by atoms with Gasteiger partial charge >= 0.3 is 0 Å². The van der Waals surface area contributed by atoms with Gasteiger partial charge in [-0.05, 0) is 50.6 Å². The smallest absolute Gasteiger partial charge is 0.253 e. The maximum atomic E-state index is 12.4. The Bertz CT molecular complexity index is 670. The van der Waals surface area contributed by atoms with E-state index < -0.39 is 0 Å². The summed E-state index contributed by atoms with van der Waals surface area (Å²) >= 11 is 0. The number of nitrogens with zero attached hydrogens (tertiary/aromatic N) is 3. The normalized spacial score (nSPS) is 14.9. The molecule has 3 rings (SSSR count). The Morgan fingerprint density at radius 2 is 2.00 bits per heavy atom. The second-order valence-electron chi connectivity index (χ2n) is 6.51. The summed E-state index contributed by atoms with van der Waals surface area (Å²) in [7, 11) is 0. The topological polar surface area (TPSA) is 47.4 Å². The molecule has 1 saturated heterocycles. The van der Waals surface area contributed by atoms with Crippen molar-refractivity contribution >= 4 is 5.91 Å². The van der Waals surface area contributed by atoms with Crippen molar-refractivity contribution in [2.75, 3.05) is 13.1 Å². The molecular formula is C18H23N3O2. The van der Waals surface area contributed by atoms with E-state index in [1.54, 1.807) is 0 Å². The van der Waals surface area contributed by atoms with Gasteiger partial charge in [0.25, 0.3) is 5.91 Å². The molecule has 23 heavy (non-hydrogen) atoms. The number of likely N-dealkylation sites (tertiary alicyclic amines) is 1. The lowest BCUT2D eigenvalue weighted by molar-refractivity contribution is 0.0461. The summed E-state index contributed by atoms with van der Waals surface area (Å²) < 4.78 is 7.56. The predicted octanol–water partition coefficient (Wildman–Crippen LogP) is 2.75. The fourth-order valence-corrected chi connectivity index (χ4v) is 2.81. The van der Waals surface area contributed by atoms with Gasteiger partial charge in [-0.25, -0.2) is 0 Å². The molecule has 2 heterocycles. The van der Waals surface area contributed by atoms with Crippen LogP contribution in [0.1, 0.15) is 29.8 Å². The van der Waals surface area contributed by atoms with Gasteiger partial charge in [-0.2, -0.15) is 5.10 Å². The molecule has 0 N–H and O–H groups in total. The van der Waals surface area contributed by atoms with Crippen LogP contribution in [0, 0.1) is 12.8 Å². The van der Waals surface area contributed by atoms with Gasteiger partial charge in [0, 0.05) is 37.3 Å². The zero-order chi connectivity index (χ0) is 16.4. The second kappa shape index (κ2) is 6.44. The monoisotopic (exact) mass is 313 g/mol. The lowest BCUT2D eigenvalue weighted by Gasteiger charge is -2.39. The van der Waals surface area contributed by atoms with Crippen molar-refractivity contribution in [2.45, 2.75) is 33.4 Å². The van der Waals surface area contributed by atoms with E-state index in [1.807, 2.05) is 67.0 Å². The summed E-state index contributed by atoms with van der Waals surface area (Å²) in [5.74, 6) is 1.38. The second-order valence-corrected chi connectivity index (χ2v) is 6.51. The molecule has 1 fully saturated rings. The number of rotatable bonds is 5. The van der Waals surface area contributed by atoms with Gasteiger partial charge in [0.05, 0.1) is 12.3 Å². The van der Waals surface area contributed by atoms with Gasteiger partial charge in [0.2, 0.25) is 0 Å². The molecule has 0 atom stereocenters. The van der Waals surface area contributed by atoms with Gasteiger partial charge in [-0.3, -0.25) is 9.48 Å². The van der Waals surface area contributed by atoms with E-state index in [4.69, 9.17) is 4.74 Å². The first-order valence-corrected chi connectivity index (χ1v) is 8.06. The standard InChI is InChI=1S/C18H23N3O2/c1-13(2)23-17-6-4-16(5-7-17)18(22)20-10-15(11-20)12-21-9-14(3)8-19-21/h4-9,13,15H,10-12H2,1-3H3. The average molecular weight is 313 g/mol. The molecule has 1 amide bonds. The van der Waals surface area contributed by atoms with Gasteiger partial charge in [-0.1, -0.05) is 0 Å². The summed E-state index contributed by atoms with van der Waals surface area (Å²) in [6, 6.07) is 7.39. The van der Waals surface area contributed by atoms with Crippen molar-refractivity contribution in [3.8, 4) is 5.75 Å². The van der Waals surface area contributed by atoms with Crippen LogP contribution in [0.5, 0.6) is 5.75 Å². The van der Waals surface area contributed by atoms with Crippen LogP contribution in [0.3, 0.4) is 0 Å². The quantitative estimate of drug-likeness (QED) is 0.853. The number of carbonyl (C=O) groups is 1. The summed E-state index contributed by atoms with van der Waals surface area (Å²) in [5.41, 5.74) is 1.88. The minimum atomic E-state index is 0.0917. The Balaban J connectivity index is 1.52. The zero-order valence-electron chi connectivity index (χ0n) is 13.9. The van der Waals surface area contributed by atoms with Crippen LogP contribution in [-0.2, 0) is 6.54 Å². The molecule has 1 aromatic heterocycles. The minimum absolute atomic E-state index is 0.0917. The predicted molar refractivity (Wildman–Crippen MR) is 88.6 cm³/mol. The first-order chi connectivity index (χ1) is 11.0.